The number of nitrogens with zero attached hydrogens (tertiary/aromatic N) is 6. The first-order valence-corrected chi connectivity index (χ1v) is 11.1. The number of pyridine rings is 1. The van der Waals surface area contributed by atoms with Crippen LogP contribution in [0, 0.1) is 0 Å². The van der Waals surface area contributed by atoms with Gasteiger partial charge in [0.15, 0.2) is 11.9 Å². The Morgan fingerprint density at radius 1 is 1.16 bits per heavy atom. The predicted molar refractivity (Wildman–Crippen MR) is 114 cm³/mol. The summed E-state index contributed by atoms with van der Waals surface area (Å²) in [5, 5.41) is 32.3. The van der Waals surface area contributed by atoms with E-state index in [9.17, 15) is 36.6 Å². The fourth-order valence-electron chi connectivity index (χ4n) is 4.12. The SMILES string of the molecule is Cn1cc(CN2CCCCC[C@](O)(C(F)(F)F)c3nnc(o3)-c3nc(c(C(F)(F)F)cc3N)C2O)cn1. The van der Waals surface area contributed by atoms with Crippen LogP contribution in [0.4, 0.5) is 32.0 Å². The number of fused-ring (bicyclic) bond motifs is 5. The number of alkyl halides is 6. The van der Waals surface area contributed by atoms with Crippen LogP contribution in [-0.2, 0) is 25.4 Å². The molecule has 0 aliphatic carbocycles. The van der Waals surface area contributed by atoms with E-state index in [4.69, 9.17) is 10.2 Å². The lowest BCUT2D eigenvalue weighted by molar-refractivity contribution is -0.277. The summed E-state index contributed by atoms with van der Waals surface area (Å²) in [6.45, 7) is -0.0392. The smallest absolute Gasteiger partial charge is 0.416 e. The maximum Gasteiger partial charge on any atom is 0.426 e. The van der Waals surface area contributed by atoms with Crippen LogP contribution in [0.2, 0.25) is 0 Å². The Balaban J connectivity index is 1.87. The highest BCUT2D eigenvalue weighted by Crippen LogP contribution is 2.44. The second-order valence-electron chi connectivity index (χ2n) is 8.80. The van der Waals surface area contributed by atoms with Gasteiger partial charge >= 0.3 is 12.4 Å². The Bertz CT molecular complexity index is 1260. The molecule has 0 fully saturated rings. The quantitative estimate of drug-likeness (QED) is 0.422. The number of halogens is 6. The zero-order valence-electron chi connectivity index (χ0n) is 19.4. The molecule has 0 saturated heterocycles. The highest BCUT2D eigenvalue weighted by Gasteiger charge is 2.58. The molecule has 0 saturated carbocycles. The molecule has 3 aromatic rings. The normalized spacial score (nSPS) is 22.1. The third-order valence-corrected chi connectivity index (χ3v) is 6.06. The third kappa shape index (κ3) is 5.26. The van der Waals surface area contributed by atoms with E-state index < -0.39 is 65.0 Å². The summed E-state index contributed by atoms with van der Waals surface area (Å²) in [5.41, 5.74) is -0.541. The molecular formula is C21H23F6N7O3. The van der Waals surface area contributed by atoms with Gasteiger partial charge in [0.25, 0.3) is 11.8 Å². The standard InChI is InChI=1S/C21H23F6N7O3/c1-33-9-11(8-29-33)10-34-6-4-2-3-5-19(36,21(25,26)27)18-32-31-16(37-18)15-13(28)7-12(20(22,23)24)14(30-15)17(34)35/h7-9,17,35-36H,2-6,10,28H2,1H3/t17?,19-/m1/s1. The molecule has 0 spiro atoms. The molecule has 0 aromatic carbocycles. The van der Waals surface area contributed by atoms with Crippen LogP contribution in [0.1, 0.15) is 54.6 Å². The van der Waals surface area contributed by atoms with Crippen molar-refractivity contribution in [1.82, 2.24) is 29.9 Å². The fourth-order valence-corrected chi connectivity index (χ4v) is 4.12. The minimum Gasteiger partial charge on any atom is -0.416 e. The van der Waals surface area contributed by atoms with Crippen molar-refractivity contribution in [3.63, 3.8) is 0 Å². The van der Waals surface area contributed by atoms with E-state index in [-0.39, 0.29) is 32.4 Å². The van der Waals surface area contributed by atoms with Gasteiger partial charge in [0.2, 0.25) is 5.60 Å². The fraction of sp³-hybridized carbons (Fsp3) is 0.524. The van der Waals surface area contributed by atoms with Gasteiger partial charge in [0, 0.05) is 31.9 Å². The molecule has 1 unspecified atom stereocenters. The largest absolute Gasteiger partial charge is 0.426 e. The molecule has 37 heavy (non-hydrogen) atoms. The number of hydrogen-bond donors (Lipinski definition) is 3. The summed E-state index contributed by atoms with van der Waals surface area (Å²) < 4.78 is 89.7. The van der Waals surface area contributed by atoms with E-state index in [1.165, 1.54) is 15.8 Å². The highest BCUT2D eigenvalue weighted by molar-refractivity contribution is 5.67. The van der Waals surface area contributed by atoms with Gasteiger partial charge in [-0.2, -0.15) is 31.4 Å². The van der Waals surface area contributed by atoms with Gasteiger partial charge in [0.05, 0.1) is 23.1 Å². The van der Waals surface area contributed by atoms with Crippen molar-refractivity contribution in [2.75, 3.05) is 12.3 Å². The van der Waals surface area contributed by atoms with Gasteiger partial charge in [-0.25, -0.2) is 4.98 Å². The molecule has 3 aromatic heterocycles. The molecule has 0 radical (unpaired) electrons. The molecule has 4 heterocycles. The Kier molecular flexibility index (Phi) is 6.94. The predicted octanol–water partition coefficient (Wildman–Crippen LogP) is 3.28. The molecule has 2 atom stereocenters. The maximum atomic E-state index is 13.9. The van der Waals surface area contributed by atoms with E-state index in [1.807, 2.05) is 0 Å². The number of anilines is 1. The van der Waals surface area contributed by atoms with E-state index in [2.05, 4.69) is 20.3 Å². The highest BCUT2D eigenvalue weighted by atomic mass is 19.4. The lowest BCUT2D eigenvalue weighted by atomic mass is 9.95. The van der Waals surface area contributed by atoms with E-state index >= 15 is 0 Å². The molecule has 10 nitrogen and oxygen atoms in total. The van der Waals surface area contributed by atoms with E-state index in [0.29, 0.717) is 11.6 Å². The van der Waals surface area contributed by atoms with Crippen LogP contribution in [-0.4, -0.2) is 52.8 Å². The number of hydrogen-bond acceptors (Lipinski definition) is 9. The van der Waals surface area contributed by atoms with Crippen LogP contribution >= 0.6 is 0 Å². The first-order valence-electron chi connectivity index (χ1n) is 11.1. The van der Waals surface area contributed by atoms with Gasteiger partial charge in [-0.1, -0.05) is 6.42 Å². The van der Waals surface area contributed by atoms with Crippen molar-refractivity contribution in [3.05, 3.63) is 41.2 Å². The number of aliphatic hydroxyl groups is 2. The van der Waals surface area contributed by atoms with Crippen molar-refractivity contribution in [3.8, 4) is 11.6 Å². The molecule has 4 rings (SSSR count). The summed E-state index contributed by atoms with van der Waals surface area (Å²) >= 11 is 0. The minimum atomic E-state index is -5.18. The Morgan fingerprint density at radius 3 is 2.51 bits per heavy atom. The van der Waals surface area contributed by atoms with Crippen molar-refractivity contribution in [2.24, 2.45) is 7.05 Å². The average molecular weight is 535 g/mol. The summed E-state index contributed by atoms with van der Waals surface area (Å²) in [6, 6.07) is 0.495. The summed E-state index contributed by atoms with van der Waals surface area (Å²) in [4.78, 5) is 5.13. The van der Waals surface area contributed by atoms with Crippen molar-refractivity contribution in [2.45, 2.75) is 56.4 Å². The van der Waals surface area contributed by atoms with E-state index in [0.717, 1.165) is 0 Å². The lowest BCUT2D eigenvalue weighted by Gasteiger charge is -2.30. The van der Waals surface area contributed by atoms with Crippen LogP contribution in [0.3, 0.4) is 0 Å². The molecule has 1 aliphatic heterocycles. The first-order chi connectivity index (χ1) is 17.2. The Morgan fingerprint density at radius 2 is 1.89 bits per heavy atom. The minimum absolute atomic E-state index is 0.00239. The summed E-state index contributed by atoms with van der Waals surface area (Å²) in [6.07, 6.45) is -9.57. The van der Waals surface area contributed by atoms with Crippen LogP contribution in [0.5, 0.6) is 0 Å². The van der Waals surface area contributed by atoms with Gasteiger partial charge in [-0.15, -0.1) is 10.2 Å². The molecule has 16 heteroatoms. The van der Waals surface area contributed by atoms with Crippen LogP contribution in [0.15, 0.2) is 22.9 Å². The molecule has 4 bridgehead atoms. The van der Waals surface area contributed by atoms with Crippen molar-refractivity contribution in [1.29, 1.82) is 0 Å². The molecule has 4 N–H and O–H groups in total. The number of aromatic nitrogens is 5. The monoisotopic (exact) mass is 535 g/mol. The lowest BCUT2D eigenvalue weighted by Crippen LogP contribution is -2.42. The Hall–Kier alpha value is -3.24. The van der Waals surface area contributed by atoms with Crippen molar-refractivity contribution < 1.29 is 41.0 Å². The number of aryl methyl sites for hydroxylation is 1. The van der Waals surface area contributed by atoms with Crippen LogP contribution < -0.4 is 5.73 Å². The third-order valence-electron chi connectivity index (χ3n) is 6.06. The van der Waals surface area contributed by atoms with Gasteiger partial charge in [-0.05, 0) is 25.3 Å². The average Bonchev–Trinajstić information content (AvgIpc) is 3.44. The van der Waals surface area contributed by atoms with Gasteiger partial charge < -0.3 is 20.4 Å². The molecule has 0 amide bonds. The first kappa shape index (κ1) is 26.8. The number of nitrogen functional groups attached to an aromatic ring is 1. The molecular weight excluding hydrogens is 512 g/mol. The second kappa shape index (κ2) is 9.57. The molecule has 202 valence electrons. The van der Waals surface area contributed by atoms with E-state index in [1.54, 1.807) is 13.2 Å². The van der Waals surface area contributed by atoms with Crippen LogP contribution in [0.25, 0.3) is 11.6 Å². The molecule has 1 aliphatic rings. The summed E-state index contributed by atoms with van der Waals surface area (Å²) in [5.74, 6) is -1.93. The maximum absolute atomic E-state index is 13.9. The second-order valence-corrected chi connectivity index (χ2v) is 8.80. The number of nitrogens with two attached hydrogens (primary N) is 1. The Labute approximate surface area is 205 Å². The number of aliphatic hydroxyl groups excluding tert-OH is 1. The zero-order chi connectivity index (χ0) is 27.2. The zero-order valence-corrected chi connectivity index (χ0v) is 19.4. The summed E-state index contributed by atoms with van der Waals surface area (Å²) in [7, 11) is 1.64. The van der Waals surface area contributed by atoms with Crippen molar-refractivity contribution >= 4 is 5.69 Å². The number of rotatable bonds is 2. The topological polar surface area (TPSA) is 139 Å². The van der Waals surface area contributed by atoms with Gasteiger partial charge in [0.1, 0.15) is 0 Å². The van der Waals surface area contributed by atoms with Gasteiger partial charge in [-0.3, -0.25) is 9.58 Å².